The smallest absolute Gasteiger partial charge is 0.225 e. The first-order valence-corrected chi connectivity index (χ1v) is 7.30. The minimum Gasteiger partial charge on any atom is -0.342 e. The molecule has 2 fully saturated rings. The maximum atomic E-state index is 12.4. The van der Waals surface area contributed by atoms with Crippen molar-refractivity contribution >= 4 is 5.91 Å². The lowest BCUT2D eigenvalue weighted by atomic mass is 9.91. The van der Waals surface area contributed by atoms with Crippen LogP contribution in [-0.2, 0) is 4.79 Å². The number of nitrogens with zero attached hydrogens (tertiary/aromatic N) is 1. The molecule has 2 aliphatic heterocycles. The third-order valence-corrected chi connectivity index (χ3v) is 4.22. The summed E-state index contributed by atoms with van der Waals surface area (Å²) in [4.78, 5) is 14.6. The number of hydrogen-bond acceptors (Lipinski definition) is 2. The fraction of sp³-hybridized carbons (Fsp3) is 0.929. The largest absolute Gasteiger partial charge is 0.342 e. The number of rotatable bonds is 3. The molecule has 2 saturated heterocycles. The number of likely N-dealkylation sites (tertiary alicyclic amines) is 1. The normalized spacial score (nSPS) is 27.1. The van der Waals surface area contributed by atoms with Gasteiger partial charge in [-0.2, -0.15) is 0 Å². The molecule has 0 bridgehead atoms. The SMILES string of the molecule is CCCC1CCCN(C(=O)C2CCNCC2)C1. The van der Waals surface area contributed by atoms with Gasteiger partial charge in [0, 0.05) is 19.0 Å². The summed E-state index contributed by atoms with van der Waals surface area (Å²) in [5, 5.41) is 3.33. The molecule has 1 unspecified atom stereocenters. The molecule has 0 aromatic rings. The van der Waals surface area contributed by atoms with Crippen molar-refractivity contribution in [1.29, 1.82) is 0 Å². The van der Waals surface area contributed by atoms with E-state index in [1.54, 1.807) is 0 Å². The molecule has 1 amide bonds. The standard InChI is InChI=1S/C14H26N2O/c1-2-4-12-5-3-10-16(11-12)14(17)13-6-8-15-9-7-13/h12-13,15H,2-11H2,1H3. The van der Waals surface area contributed by atoms with Crippen LogP contribution >= 0.6 is 0 Å². The van der Waals surface area contributed by atoms with E-state index in [0.717, 1.165) is 44.9 Å². The van der Waals surface area contributed by atoms with Crippen LogP contribution in [0.2, 0.25) is 0 Å². The minimum atomic E-state index is 0.302. The highest BCUT2D eigenvalue weighted by Gasteiger charge is 2.29. The zero-order valence-electron chi connectivity index (χ0n) is 11.1. The molecule has 2 rings (SSSR count). The summed E-state index contributed by atoms with van der Waals surface area (Å²) in [6, 6.07) is 0. The van der Waals surface area contributed by atoms with Crippen LogP contribution in [0.3, 0.4) is 0 Å². The van der Waals surface area contributed by atoms with E-state index in [4.69, 9.17) is 0 Å². The molecular formula is C14H26N2O. The van der Waals surface area contributed by atoms with Crippen LogP contribution < -0.4 is 5.32 Å². The Bertz CT molecular complexity index is 247. The highest BCUT2D eigenvalue weighted by molar-refractivity contribution is 5.79. The van der Waals surface area contributed by atoms with E-state index >= 15 is 0 Å². The first kappa shape index (κ1) is 12.9. The van der Waals surface area contributed by atoms with Gasteiger partial charge in [0.1, 0.15) is 0 Å². The van der Waals surface area contributed by atoms with Crippen molar-refractivity contribution in [2.24, 2.45) is 11.8 Å². The van der Waals surface area contributed by atoms with Crippen LogP contribution in [0.5, 0.6) is 0 Å². The quantitative estimate of drug-likeness (QED) is 0.816. The molecule has 0 saturated carbocycles. The van der Waals surface area contributed by atoms with Crippen LogP contribution in [0.4, 0.5) is 0 Å². The third kappa shape index (κ3) is 3.44. The first-order valence-electron chi connectivity index (χ1n) is 7.30. The number of nitrogens with one attached hydrogen (secondary N) is 1. The second-order valence-corrected chi connectivity index (χ2v) is 5.61. The molecule has 0 aliphatic carbocycles. The second kappa shape index (κ2) is 6.39. The topological polar surface area (TPSA) is 32.3 Å². The molecule has 0 radical (unpaired) electrons. The van der Waals surface area contributed by atoms with Gasteiger partial charge < -0.3 is 10.2 Å². The van der Waals surface area contributed by atoms with Gasteiger partial charge in [-0.1, -0.05) is 13.3 Å². The van der Waals surface area contributed by atoms with E-state index in [2.05, 4.69) is 17.1 Å². The van der Waals surface area contributed by atoms with Gasteiger partial charge in [0.15, 0.2) is 0 Å². The van der Waals surface area contributed by atoms with E-state index in [0.29, 0.717) is 11.8 Å². The maximum Gasteiger partial charge on any atom is 0.225 e. The van der Waals surface area contributed by atoms with Crippen molar-refractivity contribution in [3.05, 3.63) is 0 Å². The lowest BCUT2D eigenvalue weighted by Crippen LogP contribution is -2.45. The average molecular weight is 238 g/mol. The van der Waals surface area contributed by atoms with Crippen molar-refractivity contribution in [1.82, 2.24) is 10.2 Å². The van der Waals surface area contributed by atoms with Crippen molar-refractivity contribution < 1.29 is 4.79 Å². The van der Waals surface area contributed by atoms with E-state index in [1.807, 2.05) is 0 Å². The Morgan fingerprint density at radius 2 is 2.06 bits per heavy atom. The van der Waals surface area contributed by atoms with Crippen molar-refractivity contribution in [2.45, 2.75) is 45.4 Å². The molecule has 98 valence electrons. The Labute approximate surface area is 105 Å². The van der Waals surface area contributed by atoms with Gasteiger partial charge in [0.05, 0.1) is 0 Å². The van der Waals surface area contributed by atoms with Crippen molar-refractivity contribution in [2.75, 3.05) is 26.2 Å². The van der Waals surface area contributed by atoms with Crippen molar-refractivity contribution in [3.63, 3.8) is 0 Å². The Morgan fingerprint density at radius 1 is 1.29 bits per heavy atom. The summed E-state index contributed by atoms with van der Waals surface area (Å²) in [6.45, 7) is 6.30. The summed E-state index contributed by atoms with van der Waals surface area (Å²) >= 11 is 0. The Morgan fingerprint density at radius 3 is 2.76 bits per heavy atom. The number of carbonyl (C=O) groups is 1. The van der Waals surface area contributed by atoms with Gasteiger partial charge in [0.25, 0.3) is 0 Å². The first-order chi connectivity index (χ1) is 8.31. The number of piperidine rings is 2. The molecule has 2 aliphatic rings. The van der Waals surface area contributed by atoms with Gasteiger partial charge in [-0.25, -0.2) is 0 Å². The van der Waals surface area contributed by atoms with Gasteiger partial charge >= 0.3 is 0 Å². The summed E-state index contributed by atoms with van der Waals surface area (Å²) in [6.07, 6.45) is 7.14. The number of hydrogen-bond donors (Lipinski definition) is 1. The molecule has 0 aromatic heterocycles. The fourth-order valence-corrected chi connectivity index (χ4v) is 3.24. The van der Waals surface area contributed by atoms with E-state index in [-0.39, 0.29) is 0 Å². The van der Waals surface area contributed by atoms with Gasteiger partial charge in [-0.15, -0.1) is 0 Å². The summed E-state index contributed by atoms with van der Waals surface area (Å²) in [5.41, 5.74) is 0. The molecule has 1 N–H and O–H groups in total. The molecular weight excluding hydrogens is 212 g/mol. The average Bonchev–Trinajstić information content (AvgIpc) is 2.40. The minimum absolute atomic E-state index is 0.302. The second-order valence-electron chi connectivity index (χ2n) is 5.61. The third-order valence-electron chi connectivity index (χ3n) is 4.22. The van der Waals surface area contributed by atoms with E-state index in [9.17, 15) is 4.79 Å². The molecule has 0 aromatic carbocycles. The Kier molecular flexibility index (Phi) is 4.84. The molecule has 0 spiro atoms. The summed E-state index contributed by atoms with van der Waals surface area (Å²) in [7, 11) is 0. The van der Waals surface area contributed by atoms with Crippen LogP contribution in [0, 0.1) is 11.8 Å². The van der Waals surface area contributed by atoms with Crippen molar-refractivity contribution in [3.8, 4) is 0 Å². The molecule has 17 heavy (non-hydrogen) atoms. The van der Waals surface area contributed by atoms with Gasteiger partial charge in [-0.05, 0) is 51.1 Å². The summed E-state index contributed by atoms with van der Waals surface area (Å²) < 4.78 is 0. The predicted octanol–water partition coefficient (Wildman–Crippen LogP) is 2.02. The Hall–Kier alpha value is -0.570. The molecule has 1 atom stereocenters. The van der Waals surface area contributed by atoms with Crippen LogP contribution in [0.1, 0.15) is 45.4 Å². The zero-order chi connectivity index (χ0) is 12.1. The van der Waals surface area contributed by atoms with Crippen LogP contribution in [0.15, 0.2) is 0 Å². The molecule has 3 nitrogen and oxygen atoms in total. The van der Waals surface area contributed by atoms with Crippen LogP contribution in [0.25, 0.3) is 0 Å². The van der Waals surface area contributed by atoms with E-state index in [1.165, 1.54) is 25.7 Å². The lowest BCUT2D eigenvalue weighted by Gasteiger charge is -2.36. The van der Waals surface area contributed by atoms with E-state index < -0.39 is 0 Å². The lowest BCUT2D eigenvalue weighted by molar-refractivity contribution is -0.138. The Balaban J connectivity index is 1.85. The fourth-order valence-electron chi connectivity index (χ4n) is 3.24. The molecule has 3 heteroatoms. The number of carbonyl (C=O) groups excluding carboxylic acids is 1. The number of amides is 1. The zero-order valence-corrected chi connectivity index (χ0v) is 11.1. The highest BCUT2D eigenvalue weighted by Crippen LogP contribution is 2.24. The summed E-state index contributed by atoms with van der Waals surface area (Å²) in [5.74, 6) is 1.50. The predicted molar refractivity (Wildman–Crippen MR) is 69.8 cm³/mol. The monoisotopic (exact) mass is 238 g/mol. The van der Waals surface area contributed by atoms with Gasteiger partial charge in [-0.3, -0.25) is 4.79 Å². The highest BCUT2D eigenvalue weighted by atomic mass is 16.2. The van der Waals surface area contributed by atoms with Crippen LogP contribution in [-0.4, -0.2) is 37.0 Å². The maximum absolute atomic E-state index is 12.4. The molecule has 2 heterocycles. The van der Waals surface area contributed by atoms with Gasteiger partial charge in [0.2, 0.25) is 5.91 Å².